The Balaban J connectivity index is 2.48. The van der Waals surface area contributed by atoms with Crippen LogP contribution >= 0.6 is 0 Å². The van der Waals surface area contributed by atoms with E-state index in [1.54, 1.807) is 6.07 Å². The Hall–Kier alpha value is -2.02. The third kappa shape index (κ3) is 3.69. The third-order valence-corrected chi connectivity index (χ3v) is 1.82. The lowest BCUT2D eigenvalue weighted by Gasteiger charge is -2.02. The topological polar surface area (TPSA) is 62.0 Å². The standard InChI is InChI=1S/C11H12N2O2/c1-2-3-4-6-13-11(15)9-5-7-12-10(14)8-9/h1,5,7-8H,3-4,6H2,(H,12,14)(H,13,15). The molecule has 0 aliphatic rings. The Morgan fingerprint density at radius 2 is 2.40 bits per heavy atom. The van der Waals surface area contributed by atoms with E-state index in [0.29, 0.717) is 18.5 Å². The maximum Gasteiger partial charge on any atom is 0.251 e. The van der Waals surface area contributed by atoms with Gasteiger partial charge in [-0.3, -0.25) is 9.59 Å². The second-order valence-corrected chi connectivity index (χ2v) is 3.01. The first-order valence-corrected chi connectivity index (χ1v) is 4.64. The summed E-state index contributed by atoms with van der Waals surface area (Å²) in [6, 6.07) is 2.81. The van der Waals surface area contributed by atoms with Crippen molar-refractivity contribution in [1.29, 1.82) is 0 Å². The Bertz CT molecular complexity index is 429. The Kier molecular flexibility index (Phi) is 4.17. The van der Waals surface area contributed by atoms with E-state index >= 15 is 0 Å². The van der Waals surface area contributed by atoms with Gasteiger partial charge in [-0.2, -0.15) is 0 Å². The maximum atomic E-state index is 11.4. The first-order chi connectivity index (χ1) is 7.24. The predicted octanol–water partition coefficient (Wildman–Crippen LogP) is 0.518. The largest absolute Gasteiger partial charge is 0.352 e. The molecular formula is C11H12N2O2. The monoisotopic (exact) mass is 204 g/mol. The molecule has 1 aromatic heterocycles. The number of carbonyl (C=O) groups excluding carboxylic acids is 1. The molecule has 1 amide bonds. The summed E-state index contributed by atoms with van der Waals surface area (Å²) in [6.45, 7) is 0.524. The zero-order valence-electron chi connectivity index (χ0n) is 8.25. The summed E-state index contributed by atoms with van der Waals surface area (Å²) in [4.78, 5) is 24.8. The maximum absolute atomic E-state index is 11.4. The number of rotatable bonds is 4. The van der Waals surface area contributed by atoms with E-state index in [4.69, 9.17) is 6.42 Å². The van der Waals surface area contributed by atoms with Crippen LogP contribution in [-0.2, 0) is 0 Å². The molecule has 0 aromatic carbocycles. The van der Waals surface area contributed by atoms with E-state index in [2.05, 4.69) is 16.2 Å². The van der Waals surface area contributed by atoms with Gasteiger partial charge in [-0.1, -0.05) is 0 Å². The van der Waals surface area contributed by atoms with Crippen molar-refractivity contribution in [2.24, 2.45) is 0 Å². The summed E-state index contributed by atoms with van der Waals surface area (Å²) >= 11 is 0. The average Bonchev–Trinajstić information content (AvgIpc) is 2.24. The Morgan fingerprint density at radius 3 is 3.07 bits per heavy atom. The van der Waals surface area contributed by atoms with Crippen molar-refractivity contribution in [2.75, 3.05) is 6.54 Å². The molecule has 0 saturated carbocycles. The molecule has 1 rings (SSSR count). The second kappa shape index (κ2) is 5.66. The molecule has 0 atom stereocenters. The Morgan fingerprint density at radius 1 is 1.60 bits per heavy atom. The van der Waals surface area contributed by atoms with E-state index < -0.39 is 0 Å². The van der Waals surface area contributed by atoms with Crippen LogP contribution in [0.4, 0.5) is 0 Å². The van der Waals surface area contributed by atoms with Crippen molar-refractivity contribution in [1.82, 2.24) is 10.3 Å². The lowest BCUT2D eigenvalue weighted by atomic mass is 10.2. The van der Waals surface area contributed by atoms with E-state index in [1.807, 2.05) is 0 Å². The van der Waals surface area contributed by atoms with Crippen LogP contribution in [0.2, 0.25) is 0 Å². The van der Waals surface area contributed by atoms with Gasteiger partial charge in [-0.05, 0) is 12.5 Å². The summed E-state index contributed by atoms with van der Waals surface area (Å²) in [5, 5.41) is 2.67. The Labute approximate surface area is 87.7 Å². The van der Waals surface area contributed by atoms with E-state index in [0.717, 1.165) is 6.42 Å². The van der Waals surface area contributed by atoms with Crippen molar-refractivity contribution in [3.63, 3.8) is 0 Å². The number of pyridine rings is 1. The molecule has 0 radical (unpaired) electrons. The molecule has 0 bridgehead atoms. The summed E-state index contributed by atoms with van der Waals surface area (Å²) < 4.78 is 0. The quantitative estimate of drug-likeness (QED) is 0.554. The molecule has 0 fully saturated rings. The van der Waals surface area contributed by atoms with Gasteiger partial charge in [0.1, 0.15) is 0 Å². The first kappa shape index (κ1) is 11.1. The number of H-pyrrole nitrogens is 1. The van der Waals surface area contributed by atoms with Gasteiger partial charge in [-0.25, -0.2) is 0 Å². The number of terminal acetylenes is 1. The number of hydrogen-bond acceptors (Lipinski definition) is 2. The van der Waals surface area contributed by atoms with Crippen LogP contribution in [0, 0.1) is 12.3 Å². The van der Waals surface area contributed by atoms with Gasteiger partial charge in [0, 0.05) is 30.8 Å². The van der Waals surface area contributed by atoms with Crippen molar-refractivity contribution in [3.8, 4) is 12.3 Å². The number of nitrogens with one attached hydrogen (secondary N) is 2. The molecule has 78 valence electrons. The number of carbonyl (C=O) groups is 1. The lowest BCUT2D eigenvalue weighted by Crippen LogP contribution is -2.25. The molecule has 0 aliphatic heterocycles. The highest BCUT2D eigenvalue weighted by Gasteiger charge is 2.03. The highest BCUT2D eigenvalue weighted by atomic mass is 16.2. The van der Waals surface area contributed by atoms with Crippen molar-refractivity contribution in [3.05, 3.63) is 34.2 Å². The molecule has 0 saturated heterocycles. The highest BCUT2D eigenvalue weighted by Crippen LogP contribution is 1.93. The van der Waals surface area contributed by atoms with Crippen molar-refractivity contribution < 1.29 is 4.79 Å². The summed E-state index contributed by atoms with van der Waals surface area (Å²) in [7, 11) is 0. The van der Waals surface area contributed by atoms with Gasteiger partial charge < -0.3 is 10.3 Å². The molecule has 1 heterocycles. The minimum Gasteiger partial charge on any atom is -0.352 e. The normalized spacial score (nSPS) is 9.27. The van der Waals surface area contributed by atoms with Crippen LogP contribution in [-0.4, -0.2) is 17.4 Å². The summed E-state index contributed by atoms with van der Waals surface area (Å²) in [6.07, 6.45) is 7.89. The molecule has 15 heavy (non-hydrogen) atoms. The second-order valence-electron chi connectivity index (χ2n) is 3.01. The summed E-state index contributed by atoms with van der Waals surface area (Å²) in [5.74, 6) is 2.23. The minimum absolute atomic E-state index is 0.252. The third-order valence-electron chi connectivity index (χ3n) is 1.82. The number of amides is 1. The molecule has 4 heteroatoms. The van der Waals surface area contributed by atoms with Gasteiger partial charge in [0.2, 0.25) is 5.56 Å². The SMILES string of the molecule is C#CCCCNC(=O)c1cc[nH]c(=O)c1. The zero-order valence-corrected chi connectivity index (χ0v) is 8.25. The van der Waals surface area contributed by atoms with Gasteiger partial charge in [-0.15, -0.1) is 12.3 Å². The fraction of sp³-hybridized carbons (Fsp3) is 0.273. The van der Waals surface area contributed by atoms with E-state index in [9.17, 15) is 9.59 Å². The van der Waals surface area contributed by atoms with Crippen LogP contribution in [0.3, 0.4) is 0 Å². The van der Waals surface area contributed by atoms with Crippen LogP contribution in [0.1, 0.15) is 23.2 Å². The smallest absolute Gasteiger partial charge is 0.251 e. The molecule has 4 nitrogen and oxygen atoms in total. The molecule has 0 spiro atoms. The lowest BCUT2D eigenvalue weighted by molar-refractivity contribution is 0.0953. The van der Waals surface area contributed by atoms with Crippen molar-refractivity contribution in [2.45, 2.75) is 12.8 Å². The van der Waals surface area contributed by atoms with E-state index in [1.165, 1.54) is 12.3 Å². The van der Waals surface area contributed by atoms with Crippen LogP contribution in [0.25, 0.3) is 0 Å². The predicted molar refractivity (Wildman–Crippen MR) is 57.5 cm³/mol. The minimum atomic E-state index is -0.286. The number of hydrogen-bond donors (Lipinski definition) is 2. The zero-order chi connectivity index (χ0) is 11.1. The van der Waals surface area contributed by atoms with E-state index in [-0.39, 0.29) is 11.5 Å². The molecular weight excluding hydrogens is 192 g/mol. The van der Waals surface area contributed by atoms with Crippen LogP contribution in [0.5, 0.6) is 0 Å². The van der Waals surface area contributed by atoms with Gasteiger partial charge in [0.05, 0.1) is 0 Å². The number of aromatic nitrogens is 1. The van der Waals surface area contributed by atoms with Gasteiger partial charge in [0.25, 0.3) is 5.91 Å². The molecule has 0 aliphatic carbocycles. The van der Waals surface area contributed by atoms with Gasteiger partial charge in [0.15, 0.2) is 0 Å². The summed E-state index contributed by atoms with van der Waals surface area (Å²) in [5.41, 5.74) is 0.0748. The number of unbranched alkanes of at least 4 members (excludes halogenated alkanes) is 1. The van der Waals surface area contributed by atoms with Gasteiger partial charge >= 0.3 is 0 Å². The molecule has 1 aromatic rings. The molecule has 2 N–H and O–H groups in total. The fourth-order valence-corrected chi connectivity index (χ4v) is 1.08. The van der Waals surface area contributed by atoms with Crippen LogP contribution < -0.4 is 10.9 Å². The first-order valence-electron chi connectivity index (χ1n) is 4.64. The molecule has 0 unspecified atom stereocenters. The fourth-order valence-electron chi connectivity index (χ4n) is 1.08. The number of aromatic amines is 1. The average molecular weight is 204 g/mol. The van der Waals surface area contributed by atoms with Crippen LogP contribution in [0.15, 0.2) is 23.1 Å². The highest BCUT2D eigenvalue weighted by molar-refractivity contribution is 5.93. The van der Waals surface area contributed by atoms with Crippen molar-refractivity contribution >= 4 is 5.91 Å².